The SMILES string of the molecule is CC(C)[C@@H]1NC(=O)[C@H](C)NC(=O)[C@H](CC(=O)O)NC(=O)[C@@H](Cc2c[nH]c3ccccc23)NC(=O)[C@@H]2CCCN2C1=O. The molecule has 0 aliphatic carbocycles. The first-order valence-electron chi connectivity index (χ1n) is 13.7. The Labute approximate surface area is 236 Å². The molecule has 3 heterocycles. The Hall–Kier alpha value is -4.42. The Balaban J connectivity index is 1.72. The van der Waals surface area contributed by atoms with Crippen molar-refractivity contribution in [2.75, 3.05) is 6.54 Å². The number of carboxylic acid groups (broad SMARTS) is 1. The zero-order valence-corrected chi connectivity index (χ0v) is 23.2. The summed E-state index contributed by atoms with van der Waals surface area (Å²) >= 11 is 0. The quantitative estimate of drug-likeness (QED) is 0.288. The molecule has 0 bridgehead atoms. The summed E-state index contributed by atoms with van der Waals surface area (Å²) < 4.78 is 0. The number of hydrogen-bond donors (Lipinski definition) is 6. The second-order valence-electron chi connectivity index (χ2n) is 10.9. The van der Waals surface area contributed by atoms with E-state index < -0.39 is 72.1 Å². The van der Waals surface area contributed by atoms with Crippen molar-refractivity contribution in [2.45, 2.75) is 76.7 Å². The van der Waals surface area contributed by atoms with Crippen LogP contribution in [0.15, 0.2) is 30.5 Å². The standard InChI is InChI=1S/C28H36N6O7/c1-14(2)23-28(41)34-10-6-9-21(34)27(40)32-19(11-16-13-29-18-8-5-4-7-17(16)18)26(39)31-20(12-22(35)36)25(38)30-15(3)24(37)33-23/h4-5,7-8,13-15,19-21,23,29H,6,9-12H2,1-3H3,(H,30,38)(H,31,39)(H,32,40)(H,33,37)(H,35,36)/t15-,19+,20-,21-,23-/m0/s1. The van der Waals surface area contributed by atoms with Crippen molar-refractivity contribution in [3.05, 3.63) is 36.0 Å². The topological polar surface area (TPSA) is 190 Å². The van der Waals surface area contributed by atoms with E-state index in [1.807, 2.05) is 24.3 Å². The van der Waals surface area contributed by atoms with Gasteiger partial charge in [0.1, 0.15) is 30.2 Å². The number of fused-ring (bicyclic) bond motifs is 2. The molecule has 2 saturated heterocycles. The molecule has 41 heavy (non-hydrogen) atoms. The molecule has 2 aromatic rings. The lowest BCUT2D eigenvalue weighted by Gasteiger charge is -2.31. The number of carbonyl (C=O) groups is 6. The lowest BCUT2D eigenvalue weighted by molar-refractivity contribution is -0.143. The largest absolute Gasteiger partial charge is 0.481 e. The second-order valence-corrected chi connectivity index (χ2v) is 10.9. The van der Waals surface area contributed by atoms with E-state index in [1.54, 1.807) is 20.0 Å². The predicted molar refractivity (Wildman–Crippen MR) is 147 cm³/mol. The van der Waals surface area contributed by atoms with Gasteiger partial charge in [0, 0.05) is 30.1 Å². The summed E-state index contributed by atoms with van der Waals surface area (Å²) in [6.07, 6.45) is 1.95. The molecule has 2 aliphatic rings. The van der Waals surface area contributed by atoms with Gasteiger partial charge >= 0.3 is 5.97 Å². The maximum atomic E-state index is 13.6. The summed E-state index contributed by atoms with van der Waals surface area (Å²) in [5, 5.41) is 20.6. The first-order valence-corrected chi connectivity index (χ1v) is 13.7. The van der Waals surface area contributed by atoms with Gasteiger partial charge in [0.2, 0.25) is 29.5 Å². The van der Waals surface area contributed by atoms with Crippen molar-refractivity contribution in [3.8, 4) is 0 Å². The number of carboxylic acids is 1. The third kappa shape index (κ3) is 6.67. The zero-order valence-electron chi connectivity index (χ0n) is 23.2. The van der Waals surface area contributed by atoms with Crippen molar-refractivity contribution in [1.82, 2.24) is 31.2 Å². The number of benzene rings is 1. The van der Waals surface area contributed by atoms with Crippen molar-refractivity contribution < 1.29 is 33.9 Å². The Morgan fingerprint density at radius 3 is 2.34 bits per heavy atom. The average Bonchev–Trinajstić information content (AvgIpc) is 3.57. The molecule has 4 rings (SSSR count). The zero-order chi connectivity index (χ0) is 29.8. The molecular weight excluding hydrogens is 532 g/mol. The van der Waals surface area contributed by atoms with Gasteiger partial charge < -0.3 is 36.3 Å². The average molecular weight is 569 g/mol. The highest BCUT2D eigenvalue weighted by Crippen LogP contribution is 2.23. The summed E-state index contributed by atoms with van der Waals surface area (Å²) in [5.41, 5.74) is 1.55. The Morgan fingerprint density at radius 2 is 1.63 bits per heavy atom. The number of nitrogens with zero attached hydrogens (tertiary/aromatic N) is 1. The molecule has 0 radical (unpaired) electrons. The van der Waals surface area contributed by atoms with Gasteiger partial charge in [-0.3, -0.25) is 28.8 Å². The van der Waals surface area contributed by atoms with Gasteiger partial charge in [0.05, 0.1) is 6.42 Å². The van der Waals surface area contributed by atoms with Crippen LogP contribution in [-0.2, 0) is 35.2 Å². The number of rotatable bonds is 5. The van der Waals surface area contributed by atoms with Gasteiger partial charge in [-0.25, -0.2) is 0 Å². The molecule has 13 heteroatoms. The maximum Gasteiger partial charge on any atom is 0.305 e. The van der Waals surface area contributed by atoms with E-state index in [4.69, 9.17) is 0 Å². The van der Waals surface area contributed by atoms with Crippen LogP contribution >= 0.6 is 0 Å². The number of H-pyrrole nitrogens is 1. The Morgan fingerprint density at radius 1 is 0.951 bits per heavy atom. The monoisotopic (exact) mass is 568 g/mol. The highest BCUT2D eigenvalue weighted by Gasteiger charge is 2.41. The fourth-order valence-electron chi connectivity index (χ4n) is 5.31. The molecule has 1 aromatic carbocycles. The van der Waals surface area contributed by atoms with Gasteiger partial charge in [-0.15, -0.1) is 0 Å². The van der Waals surface area contributed by atoms with Crippen LogP contribution in [0.4, 0.5) is 0 Å². The normalized spacial score (nSPS) is 26.5. The molecule has 5 amide bonds. The van der Waals surface area contributed by atoms with Crippen molar-refractivity contribution in [1.29, 1.82) is 0 Å². The Bertz CT molecular complexity index is 1350. The highest BCUT2D eigenvalue weighted by molar-refractivity contribution is 5.99. The molecule has 6 N–H and O–H groups in total. The molecule has 2 aliphatic heterocycles. The number of aromatic amines is 1. The molecule has 220 valence electrons. The van der Waals surface area contributed by atoms with E-state index in [2.05, 4.69) is 26.3 Å². The van der Waals surface area contributed by atoms with Crippen LogP contribution in [0.5, 0.6) is 0 Å². The summed E-state index contributed by atoms with van der Waals surface area (Å²) in [4.78, 5) is 82.9. The minimum absolute atomic E-state index is 0.0364. The lowest BCUT2D eigenvalue weighted by Crippen LogP contribution is -2.58. The fraction of sp³-hybridized carbons (Fsp3) is 0.500. The van der Waals surface area contributed by atoms with Crippen molar-refractivity contribution in [2.24, 2.45) is 5.92 Å². The minimum Gasteiger partial charge on any atom is -0.481 e. The predicted octanol–water partition coefficient (Wildman–Crippen LogP) is -0.195. The van der Waals surface area contributed by atoms with Gasteiger partial charge in [-0.05, 0) is 37.3 Å². The summed E-state index contributed by atoms with van der Waals surface area (Å²) in [7, 11) is 0. The number of hydrogen-bond acceptors (Lipinski definition) is 6. The molecule has 5 atom stereocenters. The molecule has 2 fully saturated rings. The van der Waals surface area contributed by atoms with Crippen molar-refractivity contribution in [3.63, 3.8) is 0 Å². The van der Waals surface area contributed by atoms with Crippen LogP contribution in [0.1, 0.15) is 45.6 Å². The van der Waals surface area contributed by atoms with E-state index in [1.165, 1.54) is 11.8 Å². The third-order valence-corrected chi connectivity index (χ3v) is 7.56. The smallest absolute Gasteiger partial charge is 0.305 e. The van der Waals surface area contributed by atoms with E-state index in [9.17, 15) is 33.9 Å². The van der Waals surface area contributed by atoms with Gasteiger partial charge in [-0.1, -0.05) is 32.0 Å². The molecular formula is C28H36N6O7. The first-order chi connectivity index (χ1) is 19.5. The number of aromatic nitrogens is 1. The molecule has 0 saturated carbocycles. The van der Waals surface area contributed by atoms with E-state index >= 15 is 0 Å². The molecule has 1 aromatic heterocycles. The summed E-state index contributed by atoms with van der Waals surface area (Å²) in [5.74, 6) is -4.96. The fourth-order valence-corrected chi connectivity index (χ4v) is 5.31. The van der Waals surface area contributed by atoms with E-state index in [0.717, 1.165) is 16.5 Å². The van der Waals surface area contributed by atoms with E-state index in [-0.39, 0.29) is 12.3 Å². The minimum atomic E-state index is -1.52. The number of amides is 5. The molecule has 13 nitrogen and oxygen atoms in total. The van der Waals surface area contributed by atoms with Crippen LogP contribution in [0.25, 0.3) is 10.9 Å². The van der Waals surface area contributed by atoms with Crippen LogP contribution in [0, 0.1) is 5.92 Å². The number of nitrogens with one attached hydrogen (secondary N) is 5. The number of aliphatic carboxylic acids is 1. The lowest BCUT2D eigenvalue weighted by atomic mass is 10.0. The van der Waals surface area contributed by atoms with Crippen LogP contribution in [0.3, 0.4) is 0 Å². The van der Waals surface area contributed by atoms with Crippen LogP contribution in [-0.4, -0.2) is 87.2 Å². The van der Waals surface area contributed by atoms with Crippen LogP contribution < -0.4 is 21.3 Å². The summed E-state index contributed by atoms with van der Waals surface area (Å²) in [6, 6.07) is 1.76. The third-order valence-electron chi connectivity index (χ3n) is 7.56. The first kappa shape index (κ1) is 29.6. The Kier molecular flexibility index (Phi) is 8.94. The number of carbonyl (C=O) groups excluding carboxylic acids is 5. The van der Waals surface area contributed by atoms with Gasteiger partial charge in [0.25, 0.3) is 0 Å². The van der Waals surface area contributed by atoms with E-state index in [0.29, 0.717) is 19.4 Å². The second kappa shape index (κ2) is 12.4. The highest BCUT2D eigenvalue weighted by atomic mass is 16.4. The van der Waals surface area contributed by atoms with Crippen molar-refractivity contribution >= 4 is 46.4 Å². The van der Waals surface area contributed by atoms with Gasteiger partial charge in [-0.2, -0.15) is 0 Å². The maximum absolute atomic E-state index is 13.6. The van der Waals surface area contributed by atoms with Crippen LogP contribution in [0.2, 0.25) is 0 Å². The molecule has 0 unspecified atom stereocenters. The number of para-hydroxylation sites is 1. The molecule has 0 spiro atoms. The summed E-state index contributed by atoms with van der Waals surface area (Å²) in [6.45, 7) is 5.22. The van der Waals surface area contributed by atoms with Gasteiger partial charge in [0.15, 0.2) is 0 Å².